The van der Waals surface area contributed by atoms with E-state index in [0.717, 1.165) is 47.7 Å². The topological polar surface area (TPSA) is 111 Å². The van der Waals surface area contributed by atoms with Crippen LogP contribution in [0.2, 0.25) is 0 Å². The molecule has 11 heteroatoms. The van der Waals surface area contributed by atoms with Crippen LogP contribution in [0.25, 0.3) is 11.0 Å². The fourth-order valence-corrected chi connectivity index (χ4v) is 5.49. The fraction of sp³-hybridized carbons (Fsp3) is 0.440. The van der Waals surface area contributed by atoms with Gasteiger partial charge < -0.3 is 24.7 Å². The van der Waals surface area contributed by atoms with Crippen LogP contribution in [0, 0.1) is 0 Å². The van der Waals surface area contributed by atoms with E-state index in [1.165, 1.54) is 18.0 Å². The largest absolute Gasteiger partial charge is 0.497 e. The van der Waals surface area contributed by atoms with Crippen molar-refractivity contribution in [2.75, 3.05) is 44.9 Å². The number of nitrogens with one attached hydrogen (secondary N) is 2. The standard InChI is InChI=1S/C25H30N6O4S/c1-34-17-4-5-18-20(11-17)31(24(33)13-27-18)10-9-30-8-7-19(21(14-30)35-2)26-12-16-3-6-22-25(28-16)29-23(32)15-36-22/h3-6,11,13,19,21,26H,7-10,12,14-15H2,1-2H3,(H,28,29,32)/t19-,21-/m0/s1. The van der Waals surface area contributed by atoms with E-state index in [4.69, 9.17) is 9.47 Å². The monoisotopic (exact) mass is 510 g/mol. The zero-order chi connectivity index (χ0) is 25.1. The van der Waals surface area contributed by atoms with E-state index in [2.05, 4.69) is 25.5 Å². The number of likely N-dealkylation sites (tertiary alicyclic amines) is 1. The van der Waals surface area contributed by atoms with Crippen molar-refractivity contribution in [3.63, 3.8) is 0 Å². The van der Waals surface area contributed by atoms with E-state index >= 15 is 0 Å². The predicted molar refractivity (Wildman–Crippen MR) is 139 cm³/mol. The lowest BCUT2D eigenvalue weighted by Crippen LogP contribution is -2.53. The summed E-state index contributed by atoms with van der Waals surface area (Å²) in [4.78, 5) is 36.5. The number of hydrogen-bond acceptors (Lipinski definition) is 9. The van der Waals surface area contributed by atoms with Crippen molar-refractivity contribution in [2.24, 2.45) is 0 Å². The van der Waals surface area contributed by atoms with E-state index in [1.54, 1.807) is 18.8 Å². The summed E-state index contributed by atoms with van der Waals surface area (Å²) in [6, 6.07) is 9.77. The molecule has 1 saturated heterocycles. The summed E-state index contributed by atoms with van der Waals surface area (Å²) in [5.41, 5.74) is 2.30. The molecule has 2 N–H and O–H groups in total. The summed E-state index contributed by atoms with van der Waals surface area (Å²) in [7, 11) is 3.35. The molecule has 0 spiro atoms. The predicted octanol–water partition coefficient (Wildman–Crippen LogP) is 1.72. The van der Waals surface area contributed by atoms with Crippen LogP contribution in [0.1, 0.15) is 12.1 Å². The number of nitrogens with zero attached hydrogens (tertiary/aromatic N) is 4. The van der Waals surface area contributed by atoms with Gasteiger partial charge >= 0.3 is 0 Å². The van der Waals surface area contributed by atoms with Gasteiger partial charge in [0.25, 0.3) is 5.56 Å². The molecule has 2 aliphatic rings. The van der Waals surface area contributed by atoms with Gasteiger partial charge in [-0.15, -0.1) is 11.8 Å². The minimum Gasteiger partial charge on any atom is -0.497 e. The average molecular weight is 511 g/mol. The lowest BCUT2D eigenvalue weighted by Gasteiger charge is -2.38. The van der Waals surface area contributed by atoms with Gasteiger partial charge in [0, 0.05) is 45.4 Å². The zero-order valence-corrected chi connectivity index (χ0v) is 21.2. The summed E-state index contributed by atoms with van der Waals surface area (Å²) >= 11 is 1.51. The van der Waals surface area contributed by atoms with Gasteiger partial charge in [-0.05, 0) is 37.2 Å². The third kappa shape index (κ3) is 5.39. The average Bonchev–Trinajstić information content (AvgIpc) is 2.90. The first kappa shape index (κ1) is 24.7. The quantitative estimate of drug-likeness (QED) is 0.468. The molecule has 0 aliphatic carbocycles. The Kier molecular flexibility index (Phi) is 7.51. The number of pyridine rings is 1. The number of hydrogen-bond donors (Lipinski definition) is 2. The summed E-state index contributed by atoms with van der Waals surface area (Å²) in [5.74, 6) is 1.76. The van der Waals surface area contributed by atoms with E-state index in [-0.39, 0.29) is 23.6 Å². The Labute approximate surface area is 213 Å². The van der Waals surface area contributed by atoms with Gasteiger partial charge in [0.05, 0.1) is 46.8 Å². The van der Waals surface area contributed by atoms with Crippen LogP contribution in [0.4, 0.5) is 5.82 Å². The van der Waals surface area contributed by atoms with Gasteiger partial charge in [-0.1, -0.05) is 0 Å². The molecule has 0 radical (unpaired) electrons. The third-order valence-electron chi connectivity index (χ3n) is 6.72. The van der Waals surface area contributed by atoms with Crippen molar-refractivity contribution in [1.29, 1.82) is 0 Å². The maximum atomic E-state index is 12.6. The van der Waals surface area contributed by atoms with Crippen molar-refractivity contribution < 1.29 is 14.3 Å². The number of carbonyl (C=O) groups excluding carboxylic acids is 1. The smallest absolute Gasteiger partial charge is 0.269 e. The van der Waals surface area contributed by atoms with Crippen LogP contribution in [-0.2, 0) is 22.6 Å². The highest BCUT2D eigenvalue weighted by Gasteiger charge is 2.29. The van der Waals surface area contributed by atoms with E-state index in [0.29, 0.717) is 30.4 Å². The van der Waals surface area contributed by atoms with Gasteiger partial charge in [0.15, 0.2) is 0 Å². The SMILES string of the molecule is COc1ccc2ncc(=O)n(CCN3CC[C@H](NCc4ccc5c(n4)NC(=O)CS5)[C@@H](OC)C3)c2c1. The van der Waals surface area contributed by atoms with Crippen LogP contribution in [0.3, 0.4) is 0 Å². The zero-order valence-electron chi connectivity index (χ0n) is 20.4. The Morgan fingerprint density at radius 2 is 2.08 bits per heavy atom. The number of ether oxygens (including phenoxy) is 2. The second-order valence-electron chi connectivity index (χ2n) is 8.94. The molecule has 36 heavy (non-hydrogen) atoms. The lowest BCUT2D eigenvalue weighted by atomic mass is 10.0. The minimum atomic E-state index is -0.122. The van der Waals surface area contributed by atoms with Gasteiger partial charge in [-0.25, -0.2) is 9.97 Å². The number of benzene rings is 1. The second kappa shape index (κ2) is 11.0. The number of methoxy groups -OCH3 is 2. The maximum absolute atomic E-state index is 12.6. The second-order valence-corrected chi connectivity index (χ2v) is 9.96. The first-order valence-electron chi connectivity index (χ1n) is 12.0. The van der Waals surface area contributed by atoms with Gasteiger partial charge in [0.1, 0.15) is 11.6 Å². The molecule has 3 aromatic rings. The maximum Gasteiger partial charge on any atom is 0.269 e. The van der Waals surface area contributed by atoms with Crippen molar-refractivity contribution >= 4 is 34.5 Å². The number of carbonyl (C=O) groups is 1. The number of amides is 1. The van der Waals surface area contributed by atoms with E-state index in [9.17, 15) is 9.59 Å². The number of thioether (sulfide) groups is 1. The van der Waals surface area contributed by atoms with E-state index in [1.807, 2.05) is 30.3 Å². The Morgan fingerprint density at radius 3 is 2.92 bits per heavy atom. The number of rotatable bonds is 8. The molecule has 5 rings (SSSR count). The van der Waals surface area contributed by atoms with E-state index < -0.39 is 0 Å². The van der Waals surface area contributed by atoms with Crippen molar-refractivity contribution in [1.82, 2.24) is 24.8 Å². The molecular weight excluding hydrogens is 480 g/mol. The Morgan fingerprint density at radius 1 is 1.19 bits per heavy atom. The molecule has 2 aliphatic heterocycles. The van der Waals surface area contributed by atoms with Gasteiger partial charge in [0.2, 0.25) is 5.91 Å². The summed E-state index contributed by atoms with van der Waals surface area (Å²) in [6.45, 7) is 3.54. The van der Waals surface area contributed by atoms with Gasteiger partial charge in [-0.2, -0.15) is 0 Å². The molecule has 0 saturated carbocycles. The first-order valence-corrected chi connectivity index (χ1v) is 13.0. The number of piperidine rings is 1. The molecule has 10 nitrogen and oxygen atoms in total. The molecule has 0 bridgehead atoms. The highest BCUT2D eigenvalue weighted by atomic mass is 32.2. The Bertz CT molecular complexity index is 1320. The van der Waals surface area contributed by atoms with Gasteiger partial charge in [-0.3, -0.25) is 14.5 Å². The van der Waals surface area contributed by atoms with Crippen LogP contribution in [-0.4, -0.2) is 77.1 Å². The molecule has 0 unspecified atom stereocenters. The fourth-order valence-electron chi connectivity index (χ4n) is 4.74. The Balaban J connectivity index is 1.19. The molecular formula is C25H30N6O4S. The van der Waals surface area contributed by atoms with Crippen molar-refractivity contribution in [3.8, 4) is 5.75 Å². The number of aromatic nitrogens is 3. The number of fused-ring (bicyclic) bond motifs is 2. The summed E-state index contributed by atoms with van der Waals surface area (Å²) in [6.07, 6.45) is 2.30. The minimum absolute atomic E-state index is 0.0117. The van der Waals surface area contributed by atoms with Crippen LogP contribution in [0.15, 0.2) is 46.2 Å². The molecule has 1 fully saturated rings. The first-order chi connectivity index (χ1) is 17.5. The summed E-state index contributed by atoms with van der Waals surface area (Å²) in [5, 5.41) is 6.43. The lowest BCUT2D eigenvalue weighted by molar-refractivity contribution is -0.113. The highest BCUT2D eigenvalue weighted by molar-refractivity contribution is 8.00. The van der Waals surface area contributed by atoms with Crippen molar-refractivity contribution in [3.05, 3.63) is 52.6 Å². The molecule has 1 amide bonds. The molecule has 2 atom stereocenters. The van der Waals surface area contributed by atoms with Crippen LogP contribution in [0.5, 0.6) is 5.75 Å². The van der Waals surface area contributed by atoms with Crippen LogP contribution < -0.4 is 20.9 Å². The normalized spacial score (nSPS) is 20.2. The number of anilines is 1. The molecule has 190 valence electrons. The molecule has 4 heterocycles. The third-order valence-corrected chi connectivity index (χ3v) is 7.76. The Hall–Kier alpha value is -2.99. The van der Waals surface area contributed by atoms with Crippen molar-refractivity contribution in [2.45, 2.75) is 36.6 Å². The highest BCUT2D eigenvalue weighted by Crippen LogP contribution is 2.29. The summed E-state index contributed by atoms with van der Waals surface area (Å²) < 4.78 is 12.9. The molecule has 1 aromatic carbocycles. The molecule has 2 aromatic heterocycles. The van der Waals surface area contributed by atoms with Crippen LogP contribution >= 0.6 is 11.8 Å².